The molecule has 1 fully saturated rings. The molecule has 10 nitrogen and oxygen atoms in total. The van der Waals surface area contributed by atoms with E-state index in [2.05, 4.69) is 39.8 Å². The predicted molar refractivity (Wildman–Crippen MR) is 166 cm³/mol. The molecular formula is C30H41F3N6O4S. The van der Waals surface area contributed by atoms with Crippen LogP contribution in [0.4, 0.5) is 29.7 Å². The average Bonchev–Trinajstić information content (AvgIpc) is 3.55. The number of hydrogen-bond donors (Lipinski definition) is 3. The van der Waals surface area contributed by atoms with Crippen LogP contribution in [0.5, 0.6) is 0 Å². The van der Waals surface area contributed by atoms with Crippen LogP contribution in [0.3, 0.4) is 0 Å². The summed E-state index contributed by atoms with van der Waals surface area (Å²) in [6, 6.07) is 7.58. The second-order valence-electron chi connectivity index (χ2n) is 11.6. The van der Waals surface area contributed by atoms with Crippen molar-refractivity contribution in [2.45, 2.75) is 85.0 Å². The van der Waals surface area contributed by atoms with Gasteiger partial charge in [-0.3, -0.25) is 4.79 Å². The number of aryl methyl sites for hydroxylation is 1. The van der Waals surface area contributed by atoms with Crippen molar-refractivity contribution in [2.75, 3.05) is 30.3 Å². The number of nitrogens with zero attached hydrogens (tertiary/aromatic N) is 3. The molecule has 44 heavy (non-hydrogen) atoms. The van der Waals surface area contributed by atoms with E-state index in [0.29, 0.717) is 28.5 Å². The molecule has 1 aliphatic rings. The van der Waals surface area contributed by atoms with Gasteiger partial charge >= 0.3 is 18.2 Å². The van der Waals surface area contributed by atoms with Crippen LogP contribution in [0.25, 0.3) is 20.8 Å². The molecule has 0 aliphatic heterocycles. The third-order valence-electron chi connectivity index (χ3n) is 6.18. The molecule has 1 aromatic carbocycles. The third kappa shape index (κ3) is 11.1. The smallest absolute Gasteiger partial charge is 0.408 e. The van der Waals surface area contributed by atoms with Crippen LogP contribution in [-0.2, 0) is 14.3 Å². The van der Waals surface area contributed by atoms with Gasteiger partial charge in [-0.2, -0.15) is 18.2 Å². The molecule has 1 aliphatic carbocycles. The number of esters is 1. The highest BCUT2D eigenvalue weighted by atomic mass is 32.1. The van der Waals surface area contributed by atoms with E-state index in [1.54, 1.807) is 27.7 Å². The Kier molecular flexibility index (Phi) is 12.1. The number of benzene rings is 1. The van der Waals surface area contributed by atoms with Crippen LogP contribution in [-0.4, -0.2) is 64.5 Å². The summed E-state index contributed by atoms with van der Waals surface area (Å²) < 4.78 is 50.0. The molecule has 2 atom stereocenters. The highest BCUT2D eigenvalue weighted by Crippen LogP contribution is 2.38. The number of fused-ring (bicyclic) bond motifs is 1. The normalized spacial score (nSPS) is 16.6. The summed E-state index contributed by atoms with van der Waals surface area (Å²) in [5, 5.41) is 8.69. The SMILES string of the molecule is CCC.Cc1nc(NCC(F)(F)F)nc(NC2CCC(COC(=O)CNC(=O)OC(C)(C)C)C2)c1-c1nc2ccccc2s1. The van der Waals surface area contributed by atoms with E-state index >= 15 is 0 Å². The van der Waals surface area contributed by atoms with Crippen molar-refractivity contribution in [3.05, 3.63) is 30.0 Å². The maximum Gasteiger partial charge on any atom is 0.408 e. The number of aromatic nitrogens is 3. The van der Waals surface area contributed by atoms with Gasteiger partial charge in [-0.15, -0.1) is 11.3 Å². The van der Waals surface area contributed by atoms with Crippen molar-refractivity contribution in [3.8, 4) is 10.6 Å². The van der Waals surface area contributed by atoms with Crippen molar-refractivity contribution in [2.24, 2.45) is 5.92 Å². The second kappa shape index (κ2) is 15.4. The molecule has 2 unspecified atom stereocenters. The summed E-state index contributed by atoms with van der Waals surface area (Å²) in [7, 11) is 0. The van der Waals surface area contributed by atoms with Crippen molar-refractivity contribution in [3.63, 3.8) is 0 Å². The van der Waals surface area contributed by atoms with Crippen LogP contribution < -0.4 is 16.0 Å². The summed E-state index contributed by atoms with van der Waals surface area (Å²) in [6.45, 7) is 9.75. The lowest BCUT2D eigenvalue weighted by Gasteiger charge is -2.19. The van der Waals surface area contributed by atoms with Gasteiger partial charge in [-0.25, -0.2) is 14.8 Å². The monoisotopic (exact) mass is 638 g/mol. The number of carbonyl (C=O) groups is 2. The first kappa shape index (κ1) is 34.8. The lowest BCUT2D eigenvalue weighted by atomic mass is 10.1. The molecule has 2 heterocycles. The molecule has 0 spiro atoms. The Hall–Kier alpha value is -3.68. The Labute approximate surface area is 259 Å². The predicted octanol–water partition coefficient (Wildman–Crippen LogP) is 7.10. The first-order chi connectivity index (χ1) is 20.7. The van der Waals surface area contributed by atoms with Crippen LogP contribution in [0.2, 0.25) is 0 Å². The molecule has 14 heteroatoms. The van der Waals surface area contributed by atoms with E-state index in [1.165, 1.54) is 17.8 Å². The van der Waals surface area contributed by atoms with Gasteiger partial charge in [0.25, 0.3) is 0 Å². The van der Waals surface area contributed by atoms with E-state index in [9.17, 15) is 22.8 Å². The van der Waals surface area contributed by atoms with Crippen LogP contribution in [0.15, 0.2) is 24.3 Å². The summed E-state index contributed by atoms with van der Waals surface area (Å²) >= 11 is 1.45. The minimum absolute atomic E-state index is 0.0588. The fraction of sp³-hybridized carbons (Fsp3) is 0.567. The van der Waals surface area contributed by atoms with Gasteiger partial charge in [-0.05, 0) is 65.0 Å². The number of hydrogen-bond acceptors (Lipinski definition) is 10. The standard InChI is InChI=1S/C27H33F3N6O4S.C3H8/c1-15-21(23-35-18-7-5-6-8-19(18)41-23)22(36-24(33-15)32-14-27(28,29)30)34-17-10-9-16(11-17)13-39-20(37)12-31-25(38)40-26(2,3)4;1-3-2/h5-8,16-17H,9-14H2,1-4H3,(H,31,38)(H2,32,33,34,36);3H2,1-2H3. The van der Waals surface area contributed by atoms with Crippen molar-refractivity contribution < 1.29 is 32.2 Å². The number of alkyl carbamates (subject to hydrolysis) is 1. The maximum absolute atomic E-state index is 12.9. The molecule has 3 N–H and O–H groups in total. The van der Waals surface area contributed by atoms with Crippen LogP contribution in [0, 0.1) is 12.8 Å². The van der Waals surface area contributed by atoms with Gasteiger partial charge < -0.3 is 25.4 Å². The second-order valence-corrected chi connectivity index (χ2v) is 12.6. The average molecular weight is 639 g/mol. The first-order valence-corrected chi connectivity index (χ1v) is 15.4. The molecule has 4 rings (SSSR count). The molecule has 1 amide bonds. The number of rotatable bonds is 9. The number of halogens is 3. The van der Waals surface area contributed by atoms with E-state index < -0.39 is 30.4 Å². The third-order valence-corrected chi connectivity index (χ3v) is 7.24. The Morgan fingerprint density at radius 3 is 2.43 bits per heavy atom. The lowest BCUT2D eigenvalue weighted by Crippen LogP contribution is -2.36. The van der Waals surface area contributed by atoms with Crippen LogP contribution in [0.1, 0.15) is 66.0 Å². The number of ether oxygens (including phenoxy) is 2. The fourth-order valence-electron chi connectivity index (χ4n) is 4.44. The zero-order valence-corrected chi connectivity index (χ0v) is 26.7. The fourth-order valence-corrected chi connectivity index (χ4v) is 5.51. The van der Waals surface area contributed by atoms with Gasteiger partial charge in [-0.1, -0.05) is 32.4 Å². The van der Waals surface area contributed by atoms with E-state index in [0.717, 1.165) is 23.1 Å². The number of carbonyl (C=O) groups excluding carboxylic acids is 2. The van der Waals surface area contributed by atoms with E-state index in [-0.39, 0.29) is 31.1 Å². The van der Waals surface area contributed by atoms with Crippen molar-refractivity contribution in [1.29, 1.82) is 0 Å². The molecule has 0 bridgehead atoms. The zero-order chi connectivity index (χ0) is 32.5. The summed E-state index contributed by atoms with van der Waals surface area (Å²) in [6.07, 6.45) is -1.71. The molecular weight excluding hydrogens is 597 g/mol. The van der Waals surface area contributed by atoms with Gasteiger partial charge in [0.05, 0.1) is 28.1 Å². The number of nitrogens with one attached hydrogen (secondary N) is 3. The minimum Gasteiger partial charge on any atom is -0.464 e. The van der Waals surface area contributed by atoms with Gasteiger partial charge in [0, 0.05) is 6.04 Å². The maximum atomic E-state index is 12.9. The highest BCUT2D eigenvalue weighted by Gasteiger charge is 2.30. The number of anilines is 2. The van der Waals surface area contributed by atoms with Gasteiger partial charge in [0.1, 0.15) is 29.5 Å². The Bertz CT molecular complexity index is 1380. The molecule has 1 saturated carbocycles. The topological polar surface area (TPSA) is 127 Å². The highest BCUT2D eigenvalue weighted by molar-refractivity contribution is 7.21. The number of thiazole rings is 1. The number of alkyl halides is 3. The molecule has 3 aromatic rings. The zero-order valence-electron chi connectivity index (χ0n) is 25.9. The lowest BCUT2D eigenvalue weighted by molar-refractivity contribution is -0.143. The molecule has 242 valence electrons. The van der Waals surface area contributed by atoms with Gasteiger partial charge in [0.15, 0.2) is 0 Å². The largest absolute Gasteiger partial charge is 0.464 e. The Morgan fingerprint density at radius 2 is 1.77 bits per heavy atom. The van der Waals surface area contributed by atoms with Crippen molar-refractivity contribution >= 4 is 45.4 Å². The Morgan fingerprint density at radius 1 is 1.07 bits per heavy atom. The summed E-state index contributed by atoms with van der Waals surface area (Å²) in [5.74, 6) is -0.245. The van der Waals surface area contributed by atoms with Crippen molar-refractivity contribution in [1.82, 2.24) is 20.3 Å². The summed E-state index contributed by atoms with van der Waals surface area (Å²) in [4.78, 5) is 37.2. The van der Waals surface area contributed by atoms with E-state index in [4.69, 9.17) is 14.5 Å². The minimum atomic E-state index is -4.42. The quantitative estimate of drug-likeness (QED) is 0.210. The van der Waals surface area contributed by atoms with E-state index in [1.807, 2.05) is 24.3 Å². The molecule has 2 aromatic heterocycles. The van der Waals surface area contributed by atoms with Gasteiger partial charge in [0.2, 0.25) is 5.95 Å². The Balaban J connectivity index is 0.00000169. The van der Waals surface area contributed by atoms with Crippen LogP contribution >= 0.6 is 11.3 Å². The molecule has 0 saturated heterocycles. The first-order valence-electron chi connectivity index (χ1n) is 14.6. The molecule has 0 radical (unpaired) electrons. The summed E-state index contributed by atoms with van der Waals surface area (Å²) in [5.41, 5.74) is 1.25. The number of amides is 1. The number of para-hydroxylation sites is 1.